The second kappa shape index (κ2) is 4.06. The lowest BCUT2D eigenvalue weighted by atomic mass is 10.2. The number of hydrogen-bond donors (Lipinski definition) is 1. The highest BCUT2D eigenvalue weighted by Crippen LogP contribution is 2.21. The van der Waals surface area contributed by atoms with Crippen LogP contribution in [0.25, 0.3) is 16.7 Å². The number of aromatic nitrogens is 3. The smallest absolute Gasteiger partial charge is 0.197 e. The van der Waals surface area contributed by atoms with E-state index in [0.29, 0.717) is 21.9 Å². The maximum Gasteiger partial charge on any atom is 0.197 e. The van der Waals surface area contributed by atoms with Gasteiger partial charge in [-0.25, -0.2) is 9.37 Å². The molecular weight excluding hydrogens is 253 g/mol. The van der Waals surface area contributed by atoms with Crippen LogP contribution in [0.15, 0.2) is 41.8 Å². The number of H-pyrrole nitrogens is 1. The maximum atomic E-state index is 13.9. The summed E-state index contributed by atoms with van der Waals surface area (Å²) in [5, 5.41) is 0.356. The standard InChI is InChI=1S/C12H10FN3OS/c1-18(17)12-14-9-6-8(13)11(7-10(9)15-12)16-4-2-3-5-16/h2-7H,1H3,(H,14,15). The van der Waals surface area contributed by atoms with Crippen molar-refractivity contribution in [2.24, 2.45) is 0 Å². The summed E-state index contributed by atoms with van der Waals surface area (Å²) in [7, 11) is -1.21. The number of halogens is 1. The number of benzene rings is 1. The van der Waals surface area contributed by atoms with Gasteiger partial charge in [-0.3, -0.25) is 4.21 Å². The van der Waals surface area contributed by atoms with Gasteiger partial charge >= 0.3 is 0 Å². The average Bonchev–Trinajstić information content (AvgIpc) is 2.95. The van der Waals surface area contributed by atoms with Gasteiger partial charge in [0.25, 0.3) is 0 Å². The van der Waals surface area contributed by atoms with Gasteiger partial charge in [0, 0.05) is 24.7 Å². The highest BCUT2D eigenvalue weighted by molar-refractivity contribution is 7.84. The largest absolute Gasteiger partial charge is 0.331 e. The Morgan fingerprint density at radius 1 is 1.33 bits per heavy atom. The molecule has 0 aliphatic carbocycles. The zero-order valence-corrected chi connectivity index (χ0v) is 10.4. The van der Waals surface area contributed by atoms with Crippen molar-refractivity contribution in [1.82, 2.24) is 14.5 Å². The molecule has 4 nitrogen and oxygen atoms in total. The molecule has 0 radical (unpaired) electrons. The van der Waals surface area contributed by atoms with Gasteiger partial charge in [0.2, 0.25) is 0 Å². The molecule has 0 amide bonds. The third-order valence-electron chi connectivity index (χ3n) is 2.68. The minimum atomic E-state index is -1.21. The van der Waals surface area contributed by atoms with E-state index in [0.717, 1.165) is 0 Å². The predicted octanol–water partition coefficient (Wildman–Crippen LogP) is 2.23. The number of nitrogens with zero attached hydrogens (tertiary/aromatic N) is 2. The van der Waals surface area contributed by atoms with E-state index in [-0.39, 0.29) is 5.82 Å². The Morgan fingerprint density at radius 2 is 2.06 bits per heavy atom. The first kappa shape index (κ1) is 11.2. The molecule has 2 aromatic heterocycles. The Morgan fingerprint density at radius 3 is 2.72 bits per heavy atom. The molecule has 0 aliphatic heterocycles. The van der Waals surface area contributed by atoms with E-state index in [1.807, 2.05) is 12.1 Å². The van der Waals surface area contributed by atoms with E-state index in [9.17, 15) is 8.60 Å². The number of rotatable bonds is 2. The third kappa shape index (κ3) is 1.74. The normalized spacial score (nSPS) is 13.0. The van der Waals surface area contributed by atoms with Gasteiger partial charge in [0.05, 0.1) is 27.5 Å². The summed E-state index contributed by atoms with van der Waals surface area (Å²) in [6.45, 7) is 0. The van der Waals surface area contributed by atoms with E-state index in [1.54, 1.807) is 23.0 Å². The van der Waals surface area contributed by atoms with E-state index >= 15 is 0 Å². The fourth-order valence-electron chi connectivity index (χ4n) is 1.83. The summed E-state index contributed by atoms with van der Waals surface area (Å²) >= 11 is 0. The Hall–Kier alpha value is -1.95. The second-order valence-corrected chi connectivity index (χ2v) is 5.20. The van der Waals surface area contributed by atoms with Crippen LogP contribution in [0, 0.1) is 5.82 Å². The summed E-state index contributed by atoms with van der Waals surface area (Å²) in [5.41, 5.74) is 1.58. The molecule has 1 atom stereocenters. The van der Waals surface area contributed by atoms with Gasteiger partial charge in [-0.2, -0.15) is 0 Å². The van der Waals surface area contributed by atoms with E-state index < -0.39 is 10.8 Å². The number of hydrogen-bond acceptors (Lipinski definition) is 2. The summed E-state index contributed by atoms with van der Waals surface area (Å²) < 4.78 is 27.0. The maximum absolute atomic E-state index is 13.9. The predicted molar refractivity (Wildman–Crippen MR) is 67.7 cm³/mol. The van der Waals surface area contributed by atoms with Gasteiger partial charge < -0.3 is 9.55 Å². The molecule has 1 aromatic carbocycles. The van der Waals surface area contributed by atoms with Crippen molar-refractivity contribution in [2.75, 3.05) is 6.26 Å². The van der Waals surface area contributed by atoms with Crippen molar-refractivity contribution in [1.29, 1.82) is 0 Å². The van der Waals surface area contributed by atoms with Crippen LogP contribution in [-0.2, 0) is 10.8 Å². The fraction of sp³-hybridized carbons (Fsp3) is 0.0833. The van der Waals surface area contributed by atoms with Crippen LogP contribution in [-0.4, -0.2) is 25.0 Å². The molecule has 18 heavy (non-hydrogen) atoms. The van der Waals surface area contributed by atoms with Crippen molar-refractivity contribution in [2.45, 2.75) is 5.16 Å². The molecule has 6 heteroatoms. The lowest BCUT2D eigenvalue weighted by Gasteiger charge is -2.03. The highest BCUT2D eigenvalue weighted by atomic mass is 32.2. The van der Waals surface area contributed by atoms with Crippen molar-refractivity contribution in [3.8, 4) is 5.69 Å². The van der Waals surface area contributed by atoms with Crippen LogP contribution >= 0.6 is 0 Å². The molecule has 0 bridgehead atoms. The van der Waals surface area contributed by atoms with Crippen molar-refractivity contribution < 1.29 is 8.60 Å². The second-order valence-electron chi connectivity index (χ2n) is 3.91. The van der Waals surface area contributed by atoms with Crippen LogP contribution in [0.1, 0.15) is 0 Å². The van der Waals surface area contributed by atoms with Gasteiger partial charge in [0.1, 0.15) is 5.82 Å². The van der Waals surface area contributed by atoms with Gasteiger partial charge in [-0.05, 0) is 18.2 Å². The molecule has 0 saturated carbocycles. The van der Waals surface area contributed by atoms with Crippen molar-refractivity contribution >= 4 is 21.8 Å². The molecule has 92 valence electrons. The zero-order chi connectivity index (χ0) is 12.7. The van der Waals surface area contributed by atoms with E-state index in [4.69, 9.17) is 0 Å². The first-order chi connectivity index (χ1) is 8.65. The Balaban J connectivity index is 2.23. The number of aromatic amines is 1. The van der Waals surface area contributed by atoms with Crippen LogP contribution < -0.4 is 0 Å². The molecule has 0 aliphatic rings. The van der Waals surface area contributed by atoms with Gasteiger partial charge in [-0.15, -0.1) is 0 Å². The summed E-state index contributed by atoms with van der Waals surface area (Å²) in [6.07, 6.45) is 5.05. The quantitative estimate of drug-likeness (QED) is 0.770. The lowest BCUT2D eigenvalue weighted by Crippen LogP contribution is -1.94. The zero-order valence-electron chi connectivity index (χ0n) is 9.55. The Kier molecular flexibility index (Phi) is 2.52. The third-order valence-corrected chi connectivity index (χ3v) is 3.42. The Labute approximate surface area is 105 Å². The van der Waals surface area contributed by atoms with Crippen LogP contribution in [0.3, 0.4) is 0 Å². The molecule has 1 unspecified atom stereocenters. The summed E-state index contributed by atoms with van der Waals surface area (Å²) in [4.78, 5) is 7.04. The topological polar surface area (TPSA) is 50.7 Å². The van der Waals surface area contributed by atoms with Gasteiger partial charge in [-0.1, -0.05) is 0 Å². The lowest BCUT2D eigenvalue weighted by molar-refractivity contribution is 0.620. The summed E-state index contributed by atoms with van der Waals surface area (Å²) in [6, 6.07) is 6.65. The highest BCUT2D eigenvalue weighted by Gasteiger charge is 2.11. The minimum Gasteiger partial charge on any atom is -0.331 e. The molecule has 2 heterocycles. The SMILES string of the molecule is CS(=O)c1nc2cc(-n3cccc3)c(F)cc2[nH]1. The molecule has 0 saturated heterocycles. The molecule has 3 rings (SSSR count). The fourth-order valence-corrected chi connectivity index (χ4v) is 2.31. The summed E-state index contributed by atoms with van der Waals surface area (Å²) in [5.74, 6) is -0.351. The van der Waals surface area contributed by atoms with Crippen LogP contribution in [0.5, 0.6) is 0 Å². The molecule has 1 N–H and O–H groups in total. The number of fused-ring (bicyclic) bond motifs is 1. The molecule has 0 fully saturated rings. The Bertz CT molecular complexity index is 733. The first-order valence-corrected chi connectivity index (χ1v) is 6.87. The molecule has 3 aromatic rings. The molecular formula is C12H10FN3OS. The van der Waals surface area contributed by atoms with Gasteiger partial charge in [0.15, 0.2) is 5.16 Å². The van der Waals surface area contributed by atoms with Crippen molar-refractivity contribution in [3.63, 3.8) is 0 Å². The van der Waals surface area contributed by atoms with Crippen molar-refractivity contribution in [3.05, 3.63) is 42.5 Å². The average molecular weight is 263 g/mol. The van der Waals surface area contributed by atoms with E-state index in [1.165, 1.54) is 12.3 Å². The monoisotopic (exact) mass is 263 g/mol. The number of imidazole rings is 1. The number of nitrogens with one attached hydrogen (secondary N) is 1. The van der Waals surface area contributed by atoms with Crippen LogP contribution in [0.2, 0.25) is 0 Å². The minimum absolute atomic E-state index is 0.351. The molecule has 0 spiro atoms. The van der Waals surface area contributed by atoms with Crippen LogP contribution in [0.4, 0.5) is 4.39 Å². The first-order valence-electron chi connectivity index (χ1n) is 5.31. The van der Waals surface area contributed by atoms with E-state index in [2.05, 4.69) is 9.97 Å².